The van der Waals surface area contributed by atoms with E-state index in [0.29, 0.717) is 16.6 Å². The first-order valence-corrected chi connectivity index (χ1v) is 7.82. The topological polar surface area (TPSA) is 35.2 Å². The van der Waals surface area contributed by atoms with Gasteiger partial charge in [0.05, 0.1) is 0 Å². The summed E-state index contributed by atoms with van der Waals surface area (Å²) in [5.41, 5.74) is 6.79. The normalized spacial score (nSPS) is 12.3. The Kier molecular flexibility index (Phi) is 5.35. The van der Waals surface area contributed by atoms with Gasteiger partial charge in [0, 0.05) is 15.0 Å². The van der Waals surface area contributed by atoms with Crippen LogP contribution in [-0.4, -0.2) is 6.04 Å². The van der Waals surface area contributed by atoms with Gasteiger partial charge in [-0.3, -0.25) is 0 Å². The molecular weight excluding hydrogens is 408 g/mol. The van der Waals surface area contributed by atoms with Crippen molar-refractivity contribution in [2.24, 2.45) is 5.73 Å². The molecule has 0 bridgehead atoms. The van der Waals surface area contributed by atoms with Gasteiger partial charge in [-0.25, -0.2) is 4.39 Å². The zero-order chi connectivity index (χ0) is 15.6. The molecule has 0 amide bonds. The average Bonchev–Trinajstić information content (AvgIpc) is 2.38. The molecule has 21 heavy (non-hydrogen) atoms. The molecule has 0 saturated carbocycles. The van der Waals surface area contributed by atoms with Crippen LogP contribution in [-0.2, 0) is 6.42 Å². The maximum atomic E-state index is 13.7. The molecule has 0 saturated heterocycles. The Morgan fingerprint density at radius 1 is 1.19 bits per heavy atom. The van der Waals surface area contributed by atoms with E-state index >= 15 is 0 Å². The standard InChI is InChI=1S/C15H13Br2F2NO/c1-8(20)4-9-2-3-11(7-12(9)17)21-14-6-10(16)5-13(18)15(14)19/h2-3,5-8H,4,20H2,1H3. The Morgan fingerprint density at radius 2 is 1.90 bits per heavy atom. The number of nitrogens with two attached hydrogens (primary N) is 1. The maximum absolute atomic E-state index is 13.7. The van der Waals surface area contributed by atoms with Crippen LogP contribution in [0, 0.1) is 11.6 Å². The zero-order valence-electron chi connectivity index (χ0n) is 11.2. The smallest absolute Gasteiger partial charge is 0.201 e. The first-order chi connectivity index (χ1) is 9.86. The zero-order valence-corrected chi connectivity index (χ0v) is 14.3. The van der Waals surface area contributed by atoms with Crippen molar-refractivity contribution < 1.29 is 13.5 Å². The van der Waals surface area contributed by atoms with Crippen LogP contribution >= 0.6 is 31.9 Å². The molecule has 1 atom stereocenters. The molecule has 2 aromatic carbocycles. The molecule has 0 aliphatic heterocycles. The van der Waals surface area contributed by atoms with Gasteiger partial charge in [0.25, 0.3) is 0 Å². The van der Waals surface area contributed by atoms with Gasteiger partial charge in [0.15, 0.2) is 11.6 Å². The molecule has 1 unspecified atom stereocenters. The number of benzene rings is 2. The fraction of sp³-hybridized carbons (Fsp3) is 0.200. The van der Waals surface area contributed by atoms with Crippen LogP contribution in [0.3, 0.4) is 0 Å². The van der Waals surface area contributed by atoms with E-state index in [-0.39, 0.29) is 11.8 Å². The van der Waals surface area contributed by atoms with Crippen molar-refractivity contribution in [1.29, 1.82) is 0 Å². The Labute approximate surface area is 138 Å². The van der Waals surface area contributed by atoms with Crippen molar-refractivity contribution in [2.45, 2.75) is 19.4 Å². The van der Waals surface area contributed by atoms with Gasteiger partial charge in [-0.1, -0.05) is 37.9 Å². The van der Waals surface area contributed by atoms with Crippen LogP contribution in [0.1, 0.15) is 12.5 Å². The molecule has 2 nitrogen and oxygen atoms in total. The molecule has 0 aliphatic carbocycles. The van der Waals surface area contributed by atoms with Crippen molar-refractivity contribution in [2.75, 3.05) is 0 Å². The van der Waals surface area contributed by atoms with Gasteiger partial charge in [0.2, 0.25) is 5.82 Å². The Morgan fingerprint density at radius 3 is 2.52 bits per heavy atom. The second kappa shape index (κ2) is 6.85. The fourth-order valence-electron chi connectivity index (χ4n) is 1.84. The summed E-state index contributed by atoms with van der Waals surface area (Å²) >= 11 is 6.53. The highest BCUT2D eigenvalue weighted by Gasteiger charge is 2.13. The van der Waals surface area contributed by atoms with E-state index < -0.39 is 11.6 Å². The lowest BCUT2D eigenvalue weighted by Gasteiger charge is -2.11. The molecule has 2 N–H and O–H groups in total. The molecule has 0 aromatic heterocycles. The van der Waals surface area contributed by atoms with E-state index in [2.05, 4.69) is 31.9 Å². The Balaban J connectivity index is 2.27. The van der Waals surface area contributed by atoms with E-state index in [4.69, 9.17) is 10.5 Å². The second-order valence-corrected chi connectivity index (χ2v) is 6.51. The summed E-state index contributed by atoms with van der Waals surface area (Å²) in [7, 11) is 0. The molecule has 0 radical (unpaired) electrons. The third-order valence-corrected chi connectivity index (χ3v) is 3.95. The van der Waals surface area contributed by atoms with Crippen molar-refractivity contribution in [3.8, 4) is 11.5 Å². The van der Waals surface area contributed by atoms with E-state index in [1.165, 1.54) is 6.07 Å². The monoisotopic (exact) mass is 419 g/mol. The average molecular weight is 421 g/mol. The minimum atomic E-state index is -1.02. The van der Waals surface area contributed by atoms with Gasteiger partial charge in [-0.2, -0.15) is 4.39 Å². The molecule has 0 aliphatic rings. The molecule has 0 heterocycles. The minimum absolute atomic E-state index is 0.0321. The number of hydrogen-bond acceptors (Lipinski definition) is 2. The molecular formula is C15H13Br2F2NO. The summed E-state index contributed by atoms with van der Waals surface area (Å²) in [5, 5.41) is 0. The third-order valence-electron chi connectivity index (χ3n) is 2.75. The first-order valence-electron chi connectivity index (χ1n) is 6.23. The van der Waals surface area contributed by atoms with Crippen LogP contribution < -0.4 is 10.5 Å². The van der Waals surface area contributed by atoms with Crippen molar-refractivity contribution in [1.82, 2.24) is 0 Å². The van der Waals surface area contributed by atoms with Crippen LogP contribution in [0.15, 0.2) is 39.3 Å². The Hall–Kier alpha value is -0.980. The number of rotatable bonds is 4. The van der Waals surface area contributed by atoms with Gasteiger partial charge >= 0.3 is 0 Å². The van der Waals surface area contributed by atoms with E-state index in [1.54, 1.807) is 12.1 Å². The predicted octanol–water partition coefficient (Wildman–Crippen LogP) is 5.17. The molecule has 2 aromatic rings. The predicted molar refractivity (Wildman–Crippen MR) is 85.6 cm³/mol. The molecule has 2 rings (SSSR count). The molecule has 6 heteroatoms. The molecule has 112 valence electrons. The number of hydrogen-bond donors (Lipinski definition) is 1. The number of ether oxygens (including phenoxy) is 1. The summed E-state index contributed by atoms with van der Waals surface area (Å²) in [6.07, 6.45) is 0.709. The summed E-state index contributed by atoms with van der Waals surface area (Å²) in [4.78, 5) is 0. The minimum Gasteiger partial charge on any atom is -0.454 e. The van der Waals surface area contributed by atoms with Gasteiger partial charge < -0.3 is 10.5 Å². The lowest BCUT2D eigenvalue weighted by molar-refractivity contribution is 0.415. The van der Waals surface area contributed by atoms with Gasteiger partial charge in [-0.05, 0) is 43.2 Å². The van der Waals surface area contributed by atoms with E-state index in [1.807, 2.05) is 13.0 Å². The number of halogens is 4. The lowest BCUT2D eigenvalue weighted by Crippen LogP contribution is -2.17. The summed E-state index contributed by atoms with van der Waals surface area (Å²) in [6.45, 7) is 1.91. The second-order valence-electron chi connectivity index (χ2n) is 4.74. The van der Waals surface area contributed by atoms with Gasteiger partial charge in [0.1, 0.15) is 5.75 Å². The SMILES string of the molecule is CC(N)Cc1ccc(Oc2cc(Br)cc(F)c2F)cc1Br. The van der Waals surface area contributed by atoms with E-state index in [9.17, 15) is 8.78 Å². The van der Waals surface area contributed by atoms with Crippen molar-refractivity contribution in [3.05, 3.63) is 56.5 Å². The summed E-state index contributed by atoms with van der Waals surface area (Å²) in [6, 6.07) is 7.70. The highest BCUT2D eigenvalue weighted by atomic mass is 79.9. The highest BCUT2D eigenvalue weighted by molar-refractivity contribution is 9.10. The maximum Gasteiger partial charge on any atom is 0.201 e. The van der Waals surface area contributed by atoms with Crippen molar-refractivity contribution in [3.63, 3.8) is 0 Å². The largest absolute Gasteiger partial charge is 0.454 e. The van der Waals surface area contributed by atoms with E-state index in [0.717, 1.165) is 16.1 Å². The quantitative estimate of drug-likeness (QED) is 0.692. The molecule has 0 fully saturated rings. The first kappa shape index (κ1) is 16.4. The van der Waals surface area contributed by atoms with Crippen LogP contribution in [0.2, 0.25) is 0 Å². The van der Waals surface area contributed by atoms with Crippen LogP contribution in [0.5, 0.6) is 11.5 Å². The Bertz CT molecular complexity index is 662. The lowest BCUT2D eigenvalue weighted by atomic mass is 10.1. The summed E-state index contributed by atoms with van der Waals surface area (Å²) < 4.78 is 33.6. The summed E-state index contributed by atoms with van der Waals surface area (Å²) in [5.74, 6) is -1.75. The van der Waals surface area contributed by atoms with Crippen molar-refractivity contribution >= 4 is 31.9 Å². The third kappa shape index (κ3) is 4.25. The van der Waals surface area contributed by atoms with Crippen LogP contribution in [0.4, 0.5) is 8.78 Å². The van der Waals surface area contributed by atoms with Crippen LogP contribution in [0.25, 0.3) is 0 Å². The highest BCUT2D eigenvalue weighted by Crippen LogP contribution is 2.32. The fourth-order valence-corrected chi connectivity index (χ4v) is 2.77. The molecule has 0 spiro atoms. The van der Waals surface area contributed by atoms with Gasteiger partial charge in [-0.15, -0.1) is 0 Å².